The third kappa shape index (κ3) is 2.30. The van der Waals surface area contributed by atoms with Gasteiger partial charge in [0.15, 0.2) is 0 Å². The second-order valence-corrected chi connectivity index (χ2v) is 5.08. The Balaban J connectivity index is 1.91. The molecule has 0 saturated carbocycles. The van der Waals surface area contributed by atoms with Gasteiger partial charge in [-0.2, -0.15) is 0 Å². The number of benzene rings is 2. The van der Waals surface area contributed by atoms with Gasteiger partial charge in [0.2, 0.25) is 0 Å². The van der Waals surface area contributed by atoms with Crippen LogP contribution in [0.2, 0.25) is 0 Å². The average molecular weight is 264 g/mol. The summed E-state index contributed by atoms with van der Waals surface area (Å²) in [4.78, 5) is 12.0. The molecule has 0 spiro atoms. The lowest BCUT2D eigenvalue weighted by atomic mass is 10.1. The van der Waals surface area contributed by atoms with Crippen LogP contribution in [-0.2, 0) is 4.79 Å². The minimum Gasteiger partial charge on any atom is -0.361 e. The van der Waals surface area contributed by atoms with Crippen molar-refractivity contribution in [3.8, 4) is 0 Å². The zero-order chi connectivity index (χ0) is 14.1. The molecule has 0 radical (unpaired) electrons. The number of amides is 1. The van der Waals surface area contributed by atoms with Crippen molar-refractivity contribution in [3.05, 3.63) is 65.4 Å². The molecule has 100 valence electrons. The van der Waals surface area contributed by atoms with Gasteiger partial charge >= 0.3 is 0 Å². The van der Waals surface area contributed by atoms with Gasteiger partial charge < -0.3 is 10.6 Å². The van der Waals surface area contributed by atoms with Crippen molar-refractivity contribution < 1.29 is 4.79 Å². The molecule has 1 aliphatic heterocycles. The van der Waals surface area contributed by atoms with E-state index < -0.39 is 0 Å². The van der Waals surface area contributed by atoms with Crippen LogP contribution in [0.3, 0.4) is 0 Å². The second kappa shape index (κ2) is 4.85. The summed E-state index contributed by atoms with van der Waals surface area (Å²) in [7, 11) is 0. The predicted molar refractivity (Wildman–Crippen MR) is 82.6 cm³/mol. The van der Waals surface area contributed by atoms with E-state index in [9.17, 15) is 4.79 Å². The Morgan fingerprint density at radius 3 is 2.50 bits per heavy atom. The monoisotopic (exact) mass is 264 g/mol. The summed E-state index contributed by atoms with van der Waals surface area (Å²) in [6.07, 6.45) is 1.77. The van der Waals surface area contributed by atoms with Crippen LogP contribution in [0.1, 0.15) is 16.7 Å². The number of anilines is 2. The fraction of sp³-hybridized carbons (Fsp3) is 0.118. The molecular formula is C17H16N2O. The van der Waals surface area contributed by atoms with Crippen LogP contribution in [-0.4, -0.2) is 5.91 Å². The Kier molecular flexibility index (Phi) is 3.03. The Labute approximate surface area is 118 Å². The molecular weight excluding hydrogens is 248 g/mol. The summed E-state index contributed by atoms with van der Waals surface area (Å²) in [6.45, 7) is 4.12. The summed E-state index contributed by atoms with van der Waals surface area (Å²) < 4.78 is 0. The molecule has 2 aromatic carbocycles. The normalized spacial score (nSPS) is 15.1. The first-order valence-corrected chi connectivity index (χ1v) is 6.59. The van der Waals surface area contributed by atoms with Crippen LogP contribution in [0.15, 0.2) is 48.7 Å². The van der Waals surface area contributed by atoms with Gasteiger partial charge in [-0.1, -0.05) is 24.3 Å². The summed E-state index contributed by atoms with van der Waals surface area (Å²) in [5, 5.41) is 6.08. The van der Waals surface area contributed by atoms with Crippen molar-refractivity contribution in [3.63, 3.8) is 0 Å². The highest BCUT2D eigenvalue weighted by molar-refractivity contribution is 6.31. The molecule has 0 saturated heterocycles. The van der Waals surface area contributed by atoms with Gasteiger partial charge in [0.25, 0.3) is 5.91 Å². The van der Waals surface area contributed by atoms with Gasteiger partial charge in [-0.3, -0.25) is 4.79 Å². The van der Waals surface area contributed by atoms with E-state index in [4.69, 9.17) is 0 Å². The number of para-hydroxylation sites is 1. The average Bonchev–Trinajstić information content (AvgIpc) is 2.71. The first-order chi connectivity index (χ1) is 9.63. The van der Waals surface area contributed by atoms with Crippen LogP contribution < -0.4 is 10.6 Å². The summed E-state index contributed by atoms with van der Waals surface area (Å²) in [6, 6.07) is 13.9. The number of fused-ring (bicyclic) bond motifs is 1. The molecule has 0 bridgehead atoms. The Morgan fingerprint density at radius 1 is 1.05 bits per heavy atom. The highest BCUT2D eigenvalue weighted by atomic mass is 16.2. The van der Waals surface area contributed by atoms with Crippen LogP contribution >= 0.6 is 0 Å². The van der Waals surface area contributed by atoms with E-state index in [-0.39, 0.29) is 5.91 Å². The van der Waals surface area contributed by atoms with Crippen molar-refractivity contribution in [2.75, 3.05) is 10.6 Å². The van der Waals surface area contributed by atoms with Crippen LogP contribution in [0.4, 0.5) is 11.4 Å². The molecule has 1 amide bonds. The van der Waals surface area contributed by atoms with Crippen molar-refractivity contribution in [1.29, 1.82) is 0 Å². The standard InChI is InChI=1S/C17H16N2O/c1-11-7-12(2)9-13(8-11)18-10-15-14-5-3-4-6-16(14)19-17(15)20/h3-10,18H,1-2H3,(H,19,20). The molecule has 20 heavy (non-hydrogen) atoms. The summed E-state index contributed by atoms with van der Waals surface area (Å²) in [5.74, 6) is -0.0666. The Hall–Kier alpha value is -2.55. The second-order valence-electron chi connectivity index (χ2n) is 5.08. The van der Waals surface area contributed by atoms with Gasteiger partial charge in [-0.05, 0) is 43.2 Å². The van der Waals surface area contributed by atoms with E-state index in [0.717, 1.165) is 16.9 Å². The maximum absolute atomic E-state index is 12.0. The number of aryl methyl sites for hydroxylation is 2. The minimum atomic E-state index is -0.0666. The van der Waals surface area contributed by atoms with Gasteiger partial charge in [-0.15, -0.1) is 0 Å². The number of hydrogen-bond acceptors (Lipinski definition) is 2. The highest BCUT2D eigenvalue weighted by Gasteiger charge is 2.23. The van der Waals surface area contributed by atoms with Crippen LogP contribution in [0, 0.1) is 13.8 Å². The lowest BCUT2D eigenvalue weighted by molar-refractivity contribution is -0.110. The highest BCUT2D eigenvalue weighted by Crippen LogP contribution is 2.31. The number of nitrogens with one attached hydrogen (secondary N) is 2. The first kappa shape index (κ1) is 12.5. The Bertz CT molecular complexity index is 696. The molecule has 3 nitrogen and oxygen atoms in total. The molecule has 2 aromatic rings. The molecule has 0 aliphatic carbocycles. The fourth-order valence-electron chi connectivity index (χ4n) is 2.50. The molecule has 3 heteroatoms. The SMILES string of the molecule is Cc1cc(C)cc(NC=C2C(=O)Nc3ccccc32)c1. The minimum absolute atomic E-state index is 0.0666. The van der Waals surface area contributed by atoms with E-state index in [0.29, 0.717) is 5.57 Å². The smallest absolute Gasteiger partial charge is 0.257 e. The van der Waals surface area contributed by atoms with Gasteiger partial charge in [0, 0.05) is 23.1 Å². The molecule has 3 rings (SSSR count). The third-order valence-electron chi connectivity index (χ3n) is 3.31. The van der Waals surface area contributed by atoms with Crippen molar-refractivity contribution in [1.82, 2.24) is 0 Å². The van der Waals surface area contributed by atoms with E-state index in [1.54, 1.807) is 6.20 Å². The molecule has 2 N–H and O–H groups in total. The Morgan fingerprint density at radius 2 is 1.75 bits per heavy atom. The fourth-order valence-corrected chi connectivity index (χ4v) is 2.50. The first-order valence-electron chi connectivity index (χ1n) is 6.59. The predicted octanol–water partition coefficient (Wildman–Crippen LogP) is 3.71. The quantitative estimate of drug-likeness (QED) is 0.812. The molecule has 1 aliphatic rings. The maximum atomic E-state index is 12.0. The molecule has 0 unspecified atom stereocenters. The van der Waals surface area contributed by atoms with Crippen molar-refractivity contribution in [2.45, 2.75) is 13.8 Å². The van der Waals surface area contributed by atoms with E-state index in [1.165, 1.54) is 11.1 Å². The van der Waals surface area contributed by atoms with Crippen molar-refractivity contribution in [2.24, 2.45) is 0 Å². The zero-order valence-electron chi connectivity index (χ0n) is 11.5. The summed E-state index contributed by atoms with van der Waals surface area (Å²) >= 11 is 0. The van der Waals surface area contributed by atoms with Crippen LogP contribution in [0.25, 0.3) is 5.57 Å². The molecule has 0 fully saturated rings. The van der Waals surface area contributed by atoms with Gasteiger partial charge in [-0.25, -0.2) is 0 Å². The number of carbonyl (C=O) groups is 1. The van der Waals surface area contributed by atoms with E-state index in [1.807, 2.05) is 24.3 Å². The van der Waals surface area contributed by atoms with E-state index in [2.05, 4.69) is 42.7 Å². The zero-order valence-corrected chi connectivity index (χ0v) is 11.5. The lowest BCUT2D eigenvalue weighted by Crippen LogP contribution is -2.05. The lowest BCUT2D eigenvalue weighted by Gasteiger charge is -2.05. The number of hydrogen-bond donors (Lipinski definition) is 2. The molecule has 0 atom stereocenters. The third-order valence-corrected chi connectivity index (χ3v) is 3.31. The molecule has 1 heterocycles. The largest absolute Gasteiger partial charge is 0.361 e. The van der Waals surface area contributed by atoms with Gasteiger partial charge in [0.05, 0.1) is 5.57 Å². The summed E-state index contributed by atoms with van der Waals surface area (Å²) in [5.41, 5.74) is 5.86. The topological polar surface area (TPSA) is 41.1 Å². The number of rotatable bonds is 2. The van der Waals surface area contributed by atoms with Gasteiger partial charge in [0.1, 0.15) is 0 Å². The maximum Gasteiger partial charge on any atom is 0.257 e. The van der Waals surface area contributed by atoms with E-state index >= 15 is 0 Å². The molecule has 0 aromatic heterocycles. The van der Waals surface area contributed by atoms with Crippen molar-refractivity contribution >= 4 is 22.9 Å². The van der Waals surface area contributed by atoms with Crippen LogP contribution in [0.5, 0.6) is 0 Å². The number of carbonyl (C=O) groups excluding carboxylic acids is 1.